The highest BCUT2D eigenvalue weighted by Gasteiger charge is 2.30. The fourth-order valence-corrected chi connectivity index (χ4v) is 4.18. The lowest BCUT2D eigenvalue weighted by molar-refractivity contribution is 0.411. The van der Waals surface area contributed by atoms with Crippen LogP contribution in [0.4, 0.5) is 5.82 Å². The molecule has 28 heavy (non-hydrogen) atoms. The van der Waals surface area contributed by atoms with Crippen molar-refractivity contribution in [1.29, 1.82) is 5.26 Å². The summed E-state index contributed by atoms with van der Waals surface area (Å²) in [6, 6.07) is 8.32. The lowest BCUT2D eigenvalue weighted by Gasteiger charge is -2.17. The van der Waals surface area contributed by atoms with Crippen LogP contribution in [0.3, 0.4) is 0 Å². The Balaban J connectivity index is 1.98. The van der Waals surface area contributed by atoms with Crippen LogP contribution in [-0.4, -0.2) is 26.3 Å². The number of aryl methyl sites for hydroxylation is 1. The van der Waals surface area contributed by atoms with Crippen molar-refractivity contribution < 1.29 is 4.74 Å². The number of rotatable bonds is 3. The Kier molecular flexibility index (Phi) is 3.40. The molecule has 1 fully saturated rings. The van der Waals surface area contributed by atoms with E-state index in [1.807, 2.05) is 35.1 Å². The fourth-order valence-electron chi connectivity index (χ4n) is 4.18. The van der Waals surface area contributed by atoms with Gasteiger partial charge in [-0.2, -0.15) is 14.9 Å². The van der Waals surface area contributed by atoms with E-state index in [-0.39, 0.29) is 0 Å². The number of nitrogens with two attached hydrogens (primary N) is 1. The molecule has 7 nitrogen and oxygen atoms in total. The molecule has 0 amide bonds. The van der Waals surface area contributed by atoms with Crippen molar-refractivity contribution in [2.75, 3.05) is 12.8 Å². The number of hydrogen-bond donors (Lipinski definition) is 1. The summed E-state index contributed by atoms with van der Waals surface area (Å²) >= 11 is 0. The van der Waals surface area contributed by atoms with Gasteiger partial charge in [0.15, 0.2) is 11.3 Å². The van der Waals surface area contributed by atoms with Crippen molar-refractivity contribution in [2.45, 2.75) is 32.6 Å². The minimum Gasteiger partial charge on any atom is -0.496 e. The summed E-state index contributed by atoms with van der Waals surface area (Å²) in [6.45, 7) is 4.02. The third-order valence-corrected chi connectivity index (χ3v) is 5.68. The van der Waals surface area contributed by atoms with E-state index in [9.17, 15) is 5.26 Å². The number of aromatic nitrogens is 4. The third kappa shape index (κ3) is 2.09. The summed E-state index contributed by atoms with van der Waals surface area (Å²) in [5.41, 5.74) is 12.6. The highest BCUT2D eigenvalue weighted by Crippen LogP contribution is 2.44. The molecule has 1 aliphatic rings. The summed E-state index contributed by atoms with van der Waals surface area (Å²) < 4.78 is 9.26. The van der Waals surface area contributed by atoms with Crippen LogP contribution in [0.5, 0.6) is 5.75 Å². The van der Waals surface area contributed by atoms with Crippen molar-refractivity contribution in [3.8, 4) is 17.5 Å². The molecule has 140 valence electrons. The van der Waals surface area contributed by atoms with Crippen molar-refractivity contribution >= 4 is 22.5 Å². The molecule has 2 N–H and O–H groups in total. The van der Waals surface area contributed by atoms with Crippen molar-refractivity contribution in [3.63, 3.8) is 0 Å². The van der Waals surface area contributed by atoms with Gasteiger partial charge in [0.2, 0.25) is 0 Å². The number of ether oxygens (including phenoxy) is 1. The van der Waals surface area contributed by atoms with Crippen molar-refractivity contribution in [2.24, 2.45) is 0 Å². The molecule has 1 aromatic carbocycles. The number of nitrogens with zero attached hydrogens (tertiary/aromatic N) is 5. The summed E-state index contributed by atoms with van der Waals surface area (Å²) in [6.07, 6.45) is 3.84. The van der Waals surface area contributed by atoms with E-state index < -0.39 is 0 Å². The molecule has 3 heterocycles. The molecule has 5 rings (SSSR count). The number of methoxy groups -OCH3 is 1. The quantitative estimate of drug-likeness (QED) is 0.593. The van der Waals surface area contributed by atoms with E-state index in [1.54, 1.807) is 13.4 Å². The molecule has 0 bridgehead atoms. The first kappa shape index (κ1) is 16.6. The van der Waals surface area contributed by atoms with Crippen LogP contribution in [-0.2, 0) is 0 Å². The number of pyridine rings is 1. The summed E-state index contributed by atoms with van der Waals surface area (Å²) in [4.78, 5) is 4.50. The van der Waals surface area contributed by atoms with Crippen LogP contribution < -0.4 is 10.5 Å². The van der Waals surface area contributed by atoms with Crippen LogP contribution in [0.15, 0.2) is 24.5 Å². The van der Waals surface area contributed by atoms with Gasteiger partial charge in [0, 0.05) is 16.5 Å². The van der Waals surface area contributed by atoms with Gasteiger partial charge in [-0.05, 0) is 50.3 Å². The predicted octanol–water partition coefficient (Wildman–Crippen LogP) is 3.63. The Hall–Kier alpha value is -3.53. The molecule has 7 heteroatoms. The van der Waals surface area contributed by atoms with Crippen molar-refractivity contribution in [1.82, 2.24) is 19.2 Å². The molecule has 1 saturated carbocycles. The van der Waals surface area contributed by atoms with Crippen LogP contribution in [0.2, 0.25) is 0 Å². The molecule has 0 saturated heterocycles. The number of nitrogen functional groups attached to an aromatic ring is 1. The van der Waals surface area contributed by atoms with E-state index in [0.717, 1.165) is 57.6 Å². The molecule has 0 atom stereocenters. The minimum absolute atomic E-state index is 0.404. The Morgan fingerprint density at radius 2 is 2.07 bits per heavy atom. The molecule has 4 aromatic rings. The molecule has 3 aromatic heterocycles. The zero-order chi connectivity index (χ0) is 19.6. The SMILES string of the molecule is COc1ccc(C)c(-n2c(N)c(C#N)c3cc(C4CC4)c4ncnn4c32)c1C. The largest absolute Gasteiger partial charge is 0.496 e. The summed E-state index contributed by atoms with van der Waals surface area (Å²) in [7, 11) is 1.65. The first-order valence-corrected chi connectivity index (χ1v) is 9.28. The maximum absolute atomic E-state index is 9.87. The lowest BCUT2D eigenvalue weighted by Crippen LogP contribution is -2.08. The lowest BCUT2D eigenvalue weighted by atomic mass is 10.1. The van der Waals surface area contributed by atoms with Gasteiger partial charge >= 0.3 is 0 Å². The molecule has 0 unspecified atom stereocenters. The monoisotopic (exact) mass is 372 g/mol. The zero-order valence-corrected chi connectivity index (χ0v) is 16.0. The van der Waals surface area contributed by atoms with E-state index >= 15 is 0 Å². The smallest absolute Gasteiger partial charge is 0.161 e. The van der Waals surface area contributed by atoms with Crippen molar-refractivity contribution in [3.05, 3.63) is 46.8 Å². The molecule has 0 spiro atoms. The Morgan fingerprint density at radius 1 is 1.29 bits per heavy atom. The van der Waals surface area contributed by atoms with Gasteiger partial charge in [0.05, 0.1) is 12.8 Å². The van der Waals surface area contributed by atoms with Gasteiger partial charge in [-0.1, -0.05) is 6.07 Å². The fraction of sp³-hybridized carbons (Fsp3) is 0.286. The van der Waals surface area contributed by atoms with Crippen LogP contribution in [0.1, 0.15) is 41.0 Å². The average Bonchev–Trinajstić information content (AvgIpc) is 3.34. The first-order chi connectivity index (χ1) is 13.6. The Morgan fingerprint density at radius 3 is 2.75 bits per heavy atom. The number of anilines is 1. The predicted molar refractivity (Wildman–Crippen MR) is 107 cm³/mol. The second kappa shape index (κ2) is 5.73. The highest BCUT2D eigenvalue weighted by molar-refractivity contribution is 5.94. The standard InChI is InChI=1S/C21H20N6O/c1-11-4-7-17(28-3)12(2)18(11)26-19(23)16(9-22)15-8-14(13-5-6-13)20-24-10-25-27(20)21(15)26/h4,7-8,10,13H,5-6,23H2,1-3H3. The van der Waals surface area contributed by atoms with Crippen LogP contribution >= 0.6 is 0 Å². The third-order valence-electron chi connectivity index (χ3n) is 5.68. The number of nitriles is 1. The number of benzene rings is 1. The molecule has 1 aliphatic carbocycles. The van der Waals surface area contributed by atoms with Gasteiger partial charge in [-0.15, -0.1) is 0 Å². The van der Waals surface area contributed by atoms with E-state index in [4.69, 9.17) is 10.5 Å². The summed E-state index contributed by atoms with van der Waals surface area (Å²) in [5.74, 6) is 1.65. The number of fused-ring (bicyclic) bond motifs is 3. The van der Waals surface area contributed by atoms with Crippen LogP contribution in [0.25, 0.3) is 22.4 Å². The maximum atomic E-state index is 9.87. The number of hydrogen-bond acceptors (Lipinski definition) is 5. The van der Waals surface area contributed by atoms with E-state index in [0.29, 0.717) is 17.3 Å². The second-order valence-electron chi connectivity index (χ2n) is 7.37. The van der Waals surface area contributed by atoms with E-state index in [2.05, 4.69) is 22.2 Å². The second-order valence-corrected chi connectivity index (χ2v) is 7.37. The molecule has 0 aliphatic heterocycles. The Labute approximate surface area is 162 Å². The normalized spacial score (nSPS) is 13.9. The average molecular weight is 372 g/mol. The maximum Gasteiger partial charge on any atom is 0.161 e. The van der Waals surface area contributed by atoms with Gasteiger partial charge < -0.3 is 10.5 Å². The van der Waals surface area contributed by atoms with Gasteiger partial charge in [0.25, 0.3) is 0 Å². The van der Waals surface area contributed by atoms with Gasteiger partial charge in [0.1, 0.15) is 29.5 Å². The molecular formula is C21H20N6O. The van der Waals surface area contributed by atoms with Gasteiger partial charge in [-0.25, -0.2) is 4.98 Å². The zero-order valence-electron chi connectivity index (χ0n) is 16.0. The molecular weight excluding hydrogens is 352 g/mol. The van der Waals surface area contributed by atoms with E-state index in [1.165, 1.54) is 0 Å². The Bertz CT molecular complexity index is 1300. The topological polar surface area (TPSA) is 94.2 Å². The van der Waals surface area contributed by atoms with Gasteiger partial charge in [-0.3, -0.25) is 4.57 Å². The summed E-state index contributed by atoms with van der Waals surface area (Å²) in [5, 5.41) is 15.2. The van der Waals surface area contributed by atoms with Crippen LogP contribution in [0, 0.1) is 25.2 Å². The molecule has 0 radical (unpaired) electrons. The minimum atomic E-state index is 0.404. The highest BCUT2D eigenvalue weighted by atomic mass is 16.5. The first-order valence-electron chi connectivity index (χ1n) is 9.28.